The summed E-state index contributed by atoms with van der Waals surface area (Å²) in [6, 6.07) is 1.46. The van der Waals surface area contributed by atoms with Crippen LogP contribution < -0.4 is 5.32 Å². The highest BCUT2D eigenvalue weighted by molar-refractivity contribution is 4.92. The lowest BCUT2D eigenvalue weighted by molar-refractivity contribution is 0.0359. The molecule has 4 unspecified atom stereocenters. The minimum atomic E-state index is 0.711. The number of likely N-dealkylation sites (tertiary alicyclic amines) is 1. The lowest BCUT2D eigenvalue weighted by Crippen LogP contribution is -2.55. The minimum absolute atomic E-state index is 0.711. The van der Waals surface area contributed by atoms with Crippen LogP contribution in [0.1, 0.15) is 46.0 Å². The topological polar surface area (TPSA) is 24.5 Å². The van der Waals surface area contributed by atoms with Crippen molar-refractivity contribution >= 4 is 0 Å². The summed E-state index contributed by atoms with van der Waals surface area (Å²) in [6.45, 7) is 9.23. The molecule has 1 heterocycles. The molecule has 0 amide bonds. The van der Waals surface area contributed by atoms with E-state index in [4.69, 9.17) is 4.74 Å². The van der Waals surface area contributed by atoms with Gasteiger partial charge in [-0.25, -0.2) is 0 Å². The summed E-state index contributed by atoms with van der Waals surface area (Å²) < 4.78 is 5.37. The predicted octanol–water partition coefficient (Wildman–Crippen LogP) is 2.51. The van der Waals surface area contributed by atoms with Crippen LogP contribution in [0, 0.1) is 11.8 Å². The Balaban J connectivity index is 1.95. The third-order valence-electron chi connectivity index (χ3n) is 4.97. The van der Waals surface area contributed by atoms with E-state index in [0.29, 0.717) is 6.04 Å². The fourth-order valence-corrected chi connectivity index (χ4v) is 4.02. The molecule has 2 aliphatic rings. The molecule has 0 aromatic rings. The van der Waals surface area contributed by atoms with Gasteiger partial charge in [0.2, 0.25) is 0 Å². The van der Waals surface area contributed by atoms with E-state index >= 15 is 0 Å². The summed E-state index contributed by atoms with van der Waals surface area (Å²) in [5, 5.41) is 3.73. The van der Waals surface area contributed by atoms with Crippen LogP contribution in [0.15, 0.2) is 0 Å². The van der Waals surface area contributed by atoms with Crippen LogP contribution in [-0.2, 0) is 4.74 Å². The first-order chi connectivity index (χ1) is 9.24. The fraction of sp³-hybridized carbons (Fsp3) is 1.00. The first-order valence-electron chi connectivity index (χ1n) is 8.21. The molecular weight excluding hydrogens is 236 g/mol. The molecule has 3 heteroatoms. The number of nitrogens with one attached hydrogen (secondary N) is 1. The van der Waals surface area contributed by atoms with Crippen LogP contribution in [0.25, 0.3) is 0 Å². The highest BCUT2D eigenvalue weighted by Gasteiger charge is 2.34. The monoisotopic (exact) mass is 268 g/mol. The second-order valence-corrected chi connectivity index (χ2v) is 6.61. The van der Waals surface area contributed by atoms with Crippen molar-refractivity contribution in [2.24, 2.45) is 11.8 Å². The zero-order valence-electron chi connectivity index (χ0n) is 13.0. The number of rotatable bonds is 5. The minimum Gasteiger partial charge on any atom is -0.384 e. The van der Waals surface area contributed by atoms with Crippen molar-refractivity contribution in [3.63, 3.8) is 0 Å². The molecule has 1 saturated carbocycles. The van der Waals surface area contributed by atoms with Gasteiger partial charge in [-0.3, -0.25) is 4.90 Å². The lowest BCUT2D eigenvalue weighted by atomic mass is 9.81. The summed E-state index contributed by atoms with van der Waals surface area (Å²) in [6.07, 6.45) is 6.81. The quantitative estimate of drug-likeness (QED) is 0.829. The second kappa shape index (κ2) is 7.61. The Morgan fingerprint density at radius 1 is 1.26 bits per heavy atom. The van der Waals surface area contributed by atoms with Gasteiger partial charge in [-0.1, -0.05) is 13.8 Å². The maximum Gasteiger partial charge on any atom is 0.0502 e. The van der Waals surface area contributed by atoms with Gasteiger partial charge in [0, 0.05) is 25.7 Å². The van der Waals surface area contributed by atoms with Crippen molar-refractivity contribution < 1.29 is 4.74 Å². The number of likely N-dealkylation sites (N-methyl/N-ethyl adjacent to an activating group) is 1. The molecule has 19 heavy (non-hydrogen) atoms. The highest BCUT2D eigenvalue weighted by Crippen LogP contribution is 2.30. The van der Waals surface area contributed by atoms with Crippen LogP contribution in [0.4, 0.5) is 0 Å². The molecule has 0 aromatic carbocycles. The van der Waals surface area contributed by atoms with Gasteiger partial charge in [0.15, 0.2) is 0 Å². The maximum absolute atomic E-state index is 5.37. The van der Waals surface area contributed by atoms with Gasteiger partial charge < -0.3 is 10.1 Å². The zero-order chi connectivity index (χ0) is 13.7. The molecule has 1 aliphatic carbocycles. The molecule has 0 aromatic heterocycles. The number of nitrogens with zero attached hydrogens (tertiary/aromatic N) is 1. The van der Waals surface area contributed by atoms with Crippen molar-refractivity contribution in [3.05, 3.63) is 0 Å². The van der Waals surface area contributed by atoms with Crippen LogP contribution in [-0.4, -0.2) is 50.3 Å². The van der Waals surface area contributed by atoms with E-state index < -0.39 is 0 Å². The van der Waals surface area contributed by atoms with Crippen molar-refractivity contribution in [1.82, 2.24) is 10.2 Å². The Bertz CT molecular complexity index is 257. The molecule has 1 N–H and O–H groups in total. The number of ether oxygens (including phenoxy) is 1. The van der Waals surface area contributed by atoms with Gasteiger partial charge in [0.05, 0.1) is 6.61 Å². The lowest BCUT2D eigenvalue weighted by Gasteiger charge is -2.45. The third-order valence-corrected chi connectivity index (χ3v) is 4.97. The van der Waals surface area contributed by atoms with Crippen LogP contribution in [0.3, 0.4) is 0 Å². The second-order valence-electron chi connectivity index (χ2n) is 6.61. The summed E-state index contributed by atoms with van der Waals surface area (Å²) >= 11 is 0. The van der Waals surface area contributed by atoms with E-state index in [9.17, 15) is 0 Å². The number of hydrogen-bond acceptors (Lipinski definition) is 3. The molecule has 2 rings (SSSR count). The molecule has 0 bridgehead atoms. The normalized spacial score (nSPS) is 37.4. The average Bonchev–Trinajstić information content (AvgIpc) is 2.42. The molecule has 112 valence electrons. The van der Waals surface area contributed by atoms with Crippen molar-refractivity contribution in [2.75, 3.05) is 33.4 Å². The molecule has 4 atom stereocenters. The number of methoxy groups -OCH3 is 1. The van der Waals surface area contributed by atoms with Crippen molar-refractivity contribution in [2.45, 2.75) is 58.0 Å². The van der Waals surface area contributed by atoms with Gasteiger partial charge in [0.25, 0.3) is 0 Å². The Labute approximate surface area is 119 Å². The summed E-state index contributed by atoms with van der Waals surface area (Å²) in [4.78, 5) is 2.76. The Hall–Kier alpha value is -0.120. The summed E-state index contributed by atoms with van der Waals surface area (Å²) in [5.74, 6) is 1.64. The Morgan fingerprint density at radius 2 is 2.11 bits per heavy atom. The van der Waals surface area contributed by atoms with Gasteiger partial charge >= 0.3 is 0 Å². The summed E-state index contributed by atoms with van der Waals surface area (Å²) in [7, 11) is 1.84. The van der Waals surface area contributed by atoms with Crippen molar-refractivity contribution in [1.29, 1.82) is 0 Å². The molecule has 1 aliphatic heterocycles. The zero-order valence-corrected chi connectivity index (χ0v) is 13.0. The van der Waals surface area contributed by atoms with Crippen LogP contribution >= 0.6 is 0 Å². The smallest absolute Gasteiger partial charge is 0.0502 e. The first-order valence-corrected chi connectivity index (χ1v) is 8.21. The van der Waals surface area contributed by atoms with Gasteiger partial charge in [-0.2, -0.15) is 0 Å². The molecular formula is C16H32N2O. The number of piperidine rings is 1. The predicted molar refractivity (Wildman–Crippen MR) is 80.4 cm³/mol. The first kappa shape index (κ1) is 15.3. The van der Waals surface area contributed by atoms with Gasteiger partial charge in [-0.15, -0.1) is 0 Å². The van der Waals surface area contributed by atoms with E-state index in [1.807, 2.05) is 7.11 Å². The Morgan fingerprint density at radius 3 is 2.84 bits per heavy atom. The molecule has 3 nitrogen and oxygen atoms in total. The van der Waals surface area contributed by atoms with Crippen LogP contribution in [0.5, 0.6) is 0 Å². The maximum atomic E-state index is 5.37. The summed E-state index contributed by atoms with van der Waals surface area (Å²) in [5.41, 5.74) is 0. The molecule has 0 radical (unpaired) electrons. The van der Waals surface area contributed by atoms with E-state index in [1.54, 1.807) is 0 Å². The van der Waals surface area contributed by atoms with E-state index in [1.165, 1.54) is 45.2 Å². The van der Waals surface area contributed by atoms with Gasteiger partial charge in [0.1, 0.15) is 0 Å². The molecule has 0 spiro atoms. The fourth-order valence-electron chi connectivity index (χ4n) is 4.02. The van der Waals surface area contributed by atoms with Crippen molar-refractivity contribution in [3.8, 4) is 0 Å². The molecule has 1 saturated heterocycles. The Kier molecular flexibility index (Phi) is 6.11. The van der Waals surface area contributed by atoms with Crippen LogP contribution in [0.2, 0.25) is 0 Å². The third kappa shape index (κ3) is 4.17. The van der Waals surface area contributed by atoms with E-state index in [2.05, 4.69) is 24.1 Å². The number of hydrogen-bond donors (Lipinski definition) is 1. The molecule has 2 fully saturated rings. The largest absolute Gasteiger partial charge is 0.384 e. The standard InChI is InChI=1S/C16H32N2O/c1-4-17-15-8-7-13(2)10-16(15)18-9-5-6-14(11-18)12-19-3/h13-17H,4-12H2,1-3H3. The highest BCUT2D eigenvalue weighted by atomic mass is 16.5. The van der Waals surface area contributed by atoms with E-state index in [0.717, 1.165) is 31.0 Å². The average molecular weight is 268 g/mol. The van der Waals surface area contributed by atoms with Gasteiger partial charge in [-0.05, 0) is 57.0 Å². The van der Waals surface area contributed by atoms with E-state index in [-0.39, 0.29) is 0 Å². The SMILES string of the molecule is CCNC1CCC(C)CC1N1CCCC(COC)C1.